The Labute approximate surface area is 230 Å². The molecule has 7 nitrogen and oxygen atoms in total. The van der Waals surface area contributed by atoms with Crippen LogP contribution in [0.5, 0.6) is 0 Å². The Bertz CT molecular complexity index is 1320. The first kappa shape index (κ1) is 28.6. The maximum absolute atomic E-state index is 13.0. The lowest BCUT2D eigenvalue weighted by molar-refractivity contribution is 0.0783. The minimum Gasteiger partial charge on any atom is -0.404 e. The van der Waals surface area contributed by atoms with Crippen LogP contribution in [0.3, 0.4) is 0 Å². The molecule has 1 amide bonds. The van der Waals surface area contributed by atoms with Gasteiger partial charge in [-0.05, 0) is 75.0 Å². The maximum atomic E-state index is 13.0. The Morgan fingerprint density at radius 1 is 1.18 bits per heavy atom. The molecule has 0 saturated carbocycles. The summed E-state index contributed by atoms with van der Waals surface area (Å²) in [7, 11) is 4.09. The number of rotatable bonds is 9. The van der Waals surface area contributed by atoms with Gasteiger partial charge < -0.3 is 21.3 Å². The van der Waals surface area contributed by atoms with Crippen molar-refractivity contribution in [2.45, 2.75) is 19.4 Å². The van der Waals surface area contributed by atoms with Gasteiger partial charge in [0.05, 0.1) is 5.70 Å². The highest BCUT2D eigenvalue weighted by Gasteiger charge is 2.28. The van der Waals surface area contributed by atoms with Gasteiger partial charge >= 0.3 is 0 Å². The first-order chi connectivity index (χ1) is 18.1. The molecule has 8 heteroatoms. The minimum absolute atomic E-state index is 0.0352. The van der Waals surface area contributed by atoms with Crippen molar-refractivity contribution in [2.75, 3.05) is 27.2 Å². The second-order valence-electron chi connectivity index (χ2n) is 9.30. The summed E-state index contributed by atoms with van der Waals surface area (Å²) in [5.41, 5.74) is 16.9. The van der Waals surface area contributed by atoms with Crippen LogP contribution in [-0.4, -0.2) is 59.8 Å². The average molecular weight is 531 g/mol. The normalized spacial score (nSPS) is 17.2. The first-order valence-corrected chi connectivity index (χ1v) is 12.7. The summed E-state index contributed by atoms with van der Waals surface area (Å²) in [5.74, 6) is 0.250. The quantitative estimate of drug-likeness (QED) is 0.280. The Morgan fingerprint density at radius 3 is 2.42 bits per heavy atom. The van der Waals surface area contributed by atoms with E-state index in [0.717, 1.165) is 36.3 Å². The van der Waals surface area contributed by atoms with Gasteiger partial charge in [0.15, 0.2) is 0 Å². The van der Waals surface area contributed by atoms with Crippen molar-refractivity contribution in [1.29, 1.82) is 0 Å². The fourth-order valence-corrected chi connectivity index (χ4v) is 4.28. The number of nitrogens with zero attached hydrogens (tertiary/aromatic N) is 4. The molecule has 1 saturated heterocycles. The molecule has 0 radical (unpaired) electrons. The van der Waals surface area contributed by atoms with E-state index < -0.39 is 0 Å². The van der Waals surface area contributed by atoms with Crippen LogP contribution in [0.15, 0.2) is 101 Å². The molecule has 2 aromatic rings. The summed E-state index contributed by atoms with van der Waals surface area (Å²) >= 11 is 6.10. The fraction of sp³-hybridized carbons (Fsp3) is 0.233. The van der Waals surface area contributed by atoms with Crippen LogP contribution in [0.4, 0.5) is 0 Å². The number of carbonyl (C=O) groups is 1. The molecular weight excluding hydrogens is 496 g/mol. The van der Waals surface area contributed by atoms with Crippen molar-refractivity contribution in [1.82, 2.24) is 14.8 Å². The van der Waals surface area contributed by atoms with E-state index in [0.29, 0.717) is 28.6 Å². The highest BCUT2D eigenvalue weighted by molar-refractivity contribution is 6.31. The molecular formula is C30H35ClN6O. The number of allylic oxidation sites excluding steroid dienone is 5. The van der Waals surface area contributed by atoms with Gasteiger partial charge in [-0.3, -0.25) is 4.79 Å². The molecule has 0 spiro atoms. The van der Waals surface area contributed by atoms with E-state index in [1.54, 1.807) is 18.2 Å². The third-order valence-electron chi connectivity index (χ3n) is 6.34. The summed E-state index contributed by atoms with van der Waals surface area (Å²) in [6, 6.07) is 13.4. The molecule has 3 rings (SSSR count). The van der Waals surface area contributed by atoms with E-state index in [1.165, 1.54) is 6.20 Å². The van der Waals surface area contributed by atoms with Crippen LogP contribution in [0.25, 0.3) is 5.57 Å². The van der Waals surface area contributed by atoms with Gasteiger partial charge in [-0.25, -0.2) is 9.98 Å². The average Bonchev–Trinajstić information content (AvgIpc) is 3.39. The Morgan fingerprint density at radius 2 is 1.87 bits per heavy atom. The summed E-state index contributed by atoms with van der Waals surface area (Å²) in [6.07, 6.45) is 7.52. The number of amidine groups is 1. The van der Waals surface area contributed by atoms with Crippen molar-refractivity contribution in [3.63, 3.8) is 0 Å². The van der Waals surface area contributed by atoms with Gasteiger partial charge in [-0.1, -0.05) is 49.0 Å². The van der Waals surface area contributed by atoms with Crippen molar-refractivity contribution < 1.29 is 4.79 Å². The van der Waals surface area contributed by atoms with Crippen LogP contribution in [0.1, 0.15) is 33.7 Å². The standard InChI is InChI=1S/C30H35ClN6O/c1-6-22(23-10-12-24(13-11-23)30(38)37-15-14-26(19-37)36(4)5)17-25(18-32)28(16-20(2)31)35-29(33)27-9-7-8-21(3)34-27/h6-13,16-18,26H,1-2,14-15,19,32H2,3-5H3,(H2,33,35)/b22-17+,25-18+,28-16-. The molecule has 1 fully saturated rings. The second-order valence-corrected chi connectivity index (χ2v) is 9.78. The van der Waals surface area contributed by atoms with Gasteiger partial charge in [0.25, 0.3) is 5.91 Å². The van der Waals surface area contributed by atoms with Crippen molar-refractivity contribution in [2.24, 2.45) is 16.5 Å². The van der Waals surface area contributed by atoms with E-state index >= 15 is 0 Å². The largest absolute Gasteiger partial charge is 0.404 e. The molecule has 1 aromatic heterocycles. The van der Waals surface area contributed by atoms with Gasteiger partial charge in [-0.2, -0.15) is 0 Å². The molecule has 0 bridgehead atoms. The minimum atomic E-state index is 0.0352. The number of likely N-dealkylation sites (tertiary alicyclic amines) is 1. The molecule has 2 heterocycles. The predicted octanol–water partition coefficient (Wildman–Crippen LogP) is 4.62. The van der Waals surface area contributed by atoms with Gasteiger partial charge in [0, 0.05) is 47.2 Å². The lowest BCUT2D eigenvalue weighted by atomic mass is 10.00. The molecule has 1 aliphatic rings. The zero-order valence-corrected chi connectivity index (χ0v) is 22.9. The number of aliphatic imine (C=N–C) groups is 1. The lowest BCUT2D eigenvalue weighted by Crippen LogP contribution is -2.34. The number of halogens is 1. The molecule has 0 aliphatic carbocycles. The van der Waals surface area contributed by atoms with Crippen LogP contribution >= 0.6 is 11.6 Å². The fourth-order valence-electron chi connectivity index (χ4n) is 4.17. The Kier molecular flexibility index (Phi) is 9.82. The van der Waals surface area contributed by atoms with E-state index in [1.807, 2.05) is 68.4 Å². The zero-order chi connectivity index (χ0) is 27.8. The topological polar surface area (TPSA) is 101 Å². The lowest BCUT2D eigenvalue weighted by Gasteiger charge is -2.20. The van der Waals surface area contributed by atoms with Crippen LogP contribution in [0, 0.1) is 6.92 Å². The number of nitrogens with two attached hydrogens (primary N) is 2. The van der Waals surface area contributed by atoms with Crippen LogP contribution < -0.4 is 11.5 Å². The smallest absolute Gasteiger partial charge is 0.253 e. The van der Waals surface area contributed by atoms with Crippen molar-refractivity contribution in [3.8, 4) is 0 Å². The van der Waals surface area contributed by atoms with E-state index in [9.17, 15) is 4.79 Å². The van der Waals surface area contributed by atoms with Gasteiger partial charge in [0.1, 0.15) is 11.5 Å². The van der Waals surface area contributed by atoms with Gasteiger partial charge in [0.2, 0.25) is 0 Å². The monoisotopic (exact) mass is 530 g/mol. The summed E-state index contributed by atoms with van der Waals surface area (Å²) in [6.45, 7) is 11.1. The number of pyridine rings is 1. The molecule has 1 aromatic carbocycles. The van der Waals surface area contributed by atoms with E-state index in [4.69, 9.17) is 23.1 Å². The molecule has 1 aliphatic heterocycles. The molecule has 38 heavy (non-hydrogen) atoms. The number of aryl methyl sites for hydroxylation is 1. The number of carbonyl (C=O) groups excluding carboxylic acids is 1. The van der Waals surface area contributed by atoms with Crippen molar-refractivity contribution >= 4 is 28.9 Å². The second kappa shape index (κ2) is 13.0. The number of aromatic nitrogens is 1. The SMILES string of the molecule is C=C\C(=C/C(=C\N)C(=C/C(=C)Cl)/N=C(N)c1cccc(C)n1)c1ccc(C(=O)N2CCC(N(C)C)C2)cc1. The highest BCUT2D eigenvalue weighted by Crippen LogP contribution is 2.25. The molecule has 1 atom stereocenters. The highest BCUT2D eigenvalue weighted by atomic mass is 35.5. The summed E-state index contributed by atoms with van der Waals surface area (Å²) in [4.78, 5) is 26.0. The maximum Gasteiger partial charge on any atom is 0.253 e. The number of likely N-dealkylation sites (N-methyl/N-ethyl adjacent to an activating group) is 1. The zero-order valence-electron chi connectivity index (χ0n) is 22.2. The molecule has 1 unspecified atom stereocenters. The third kappa shape index (κ3) is 7.31. The summed E-state index contributed by atoms with van der Waals surface area (Å²) < 4.78 is 0. The van der Waals surface area contributed by atoms with Crippen LogP contribution in [-0.2, 0) is 0 Å². The number of hydrogen-bond acceptors (Lipinski definition) is 5. The molecule has 4 N–H and O–H groups in total. The first-order valence-electron chi connectivity index (χ1n) is 12.3. The number of amides is 1. The predicted molar refractivity (Wildman–Crippen MR) is 158 cm³/mol. The third-order valence-corrected chi connectivity index (χ3v) is 6.45. The van der Waals surface area contributed by atoms with Crippen LogP contribution in [0.2, 0.25) is 0 Å². The van der Waals surface area contributed by atoms with Gasteiger partial charge in [-0.15, -0.1) is 0 Å². The van der Waals surface area contributed by atoms with E-state index in [2.05, 4.69) is 28.0 Å². The Balaban J connectivity index is 1.88. The number of hydrogen-bond donors (Lipinski definition) is 2. The van der Waals surface area contributed by atoms with E-state index in [-0.39, 0.29) is 16.8 Å². The summed E-state index contributed by atoms with van der Waals surface area (Å²) in [5, 5.41) is 0.267. The van der Waals surface area contributed by atoms with Crippen molar-refractivity contribution in [3.05, 3.63) is 119 Å². The number of benzene rings is 1. The Hall–Kier alpha value is -3.94. The molecule has 198 valence electrons.